The van der Waals surface area contributed by atoms with E-state index >= 15 is 0 Å². The molecule has 0 bridgehead atoms. The highest BCUT2D eigenvalue weighted by Crippen LogP contribution is 2.18. The van der Waals surface area contributed by atoms with Crippen LogP contribution >= 0.6 is 12.2 Å². The fraction of sp³-hybridized carbons (Fsp3) is 0.562. The van der Waals surface area contributed by atoms with E-state index in [-0.39, 0.29) is 0 Å². The number of anilines is 1. The zero-order chi connectivity index (χ0) is 14.7. The van der Waals surface area contributed by atoms with Gasteiger partial charge in [-0.1, -0.05) is 6.07 Å². The Labute approximate surface area is 128 Å². The predicted molar refractivity (Wildman–Crippen MR) is 90.4 cm³/mol. The van der Waals surface area contributed by atoms with Crippen molar-refractivity contribution in [3.63, 3.8) is 0 Å². The molecule has 1 aliphatic rings. The maximum Gasteiger partial charge on any atom is 0.173 e. The number of benzene rings is 1. The molecule has 2 rings (SSSR count). The fourth-order valence-electron chi connectivity index (χ4n) is 2.81. The Kier molecular flexibility index (Phi) is 5.00. The van der Waals surface area contributed by atoms with Crippen molar-refractivity contribution in [3.8, 4) is 0 Å². The number of hydrogen-bond donors (Lipinski definition) is 1. The molecule has 0 spiro atoms. The Morgan fingerprint density at radius 1 is 1.20 bits per heavy atom. The molecule has 1 aromatic rings. The number of thiocarbonyl (C=S) groups is 1. The van der Waals surface area contributed by atoms with Gasteiger partial charge in [0.2, 0.25) is 0 Å². The molecule has 1 N–H and O–H groups in total. The van der Waals surface area contributed by atoms with Gasteiger partial charge >= 0.3 is 0 Å². The van der Waals surface area contributed by atoms with Crippen molar-refractivity contribution in [3.05, 3.63) is 29.3 Å². The zero-order valence-electron chi connectivity index (χ0n) is 12.9. The fourth-order valence-corrected chi connectivity index (χ4v) is 3.07. The quantitative estimate of drug-likeness (QED) is 0.844. The minimum Gasteiger partial charge on any atom is -0.349 e. The van der Waals surface area contributed by atoms with Crippen LogP contribution < -0.4 is 5.32 Å². The standard InChI is InChI=1S/C16H25N3S/c1-12-9-13(2)11-14(10-12)17-16(20)19(4)15-5-7-18(3)8-6-15/h9-11,15H,5-8H2,1-4H3,(H,17,20). The van der Waals surface area contributed by atoms with Gasteiger partial charge < -0.3 is 15.1 Å². The van der Waals surface area contributed by atoms with E-state index in [1.807, 2.05) is 0 Å². The molecule has 20 heavy (non-hydrogen) atoms. The number of nitrogens with zero attached hydrogens (tertiary/aromatic N) is 2. The molecule has 4 heteroatoms. The third kappa shape index (κ3) is 3.93. The summed E-state index contributed by atoms with van der Waals surface area (Å²) < 4.78 is 0. The first-order valence-corrected chi connectivity index (χ1v) is 7.67. The summed E-state index contributed by atoms with van der Waals surface area (Å²) in [6, 6.07) is 7.01. The summed E-state index contributed by atoms with van der Waals surface area (Å²) >= 11 is 5.56. The lowest BCUT2D eigenvalue weighted by molar-refractivity contribution is 0.193. The molecule has 110 valence electrons. The van der Waals surface area contributed by atoms with Gasteiger partial charge in [-0.2, -0.15) is 0 Å². The number of piperidine rings is 1. The largest absolute Gasteiger partial charge is 0.349 e. The average Bonchev–Trinajstić information content (AvgIpc) is 2.37. The van der Waals surface area contributed by atoms with Crippen LogP contribution in [0.1, 0.15) is 24.0 Å². The third-order valence-corrected chi connectivity index (χ3v) is 4.42. The van der Waals surface area contributed by atoms with E-state index in [9.17, 15) is 0 Å². The Morgan fingerprint density at radius 2 is 1.75 bits per heavy atom. The summed E-state index contributed by atoms with van der Waals surface area (Å²) in [6.07, 6.45) is 2.36. The van der Waals surface area contributed by atoms with E-state index in [0.29, 0.717) is 6.04 Å². The van der Waals surface area contributed by atoms with E-state index in [4.69, 9.17) is 12.2 Å². The number of aryl methyl sites for hydroxylation is 2. The van der Waals surface area contributed by atoms with Gasteiger partial charge in [-0.3, -0.25) is 0 Å². The first-order valence-electron chi connectivity index (χ1n) is 7.26. The Bertz CT molecular complexity index is 458. The topological polar surface area (TPSA) is 18.5 Å². The van der Waals surface area contributed by atoms with Crippen molar-refractivity contribution in [2.75, 3.05) is 32.5 Å². The van der Waals surface area contributed by atoms with Crippen molar-refractivity contribution in [1.82, 2.24) is 9.80 Å². The summed E-state index contributed by atoms with van der Waals surface area (Å²) in [5.74, 6) is 0. The number of hydrogen-bond acceptors (Lipinski definition) is 2. The first-order chi connectivity index (χ1) is 9.45. The lowest BCUT2D eigenvalue weighted by Crippen LogP contribution is -2.45. The smallest absolute Gasteiger partial charge is 0.173 e. The minimum atomic E-state index is 0.553. The lowest BCUT2D eigenvalue weighted by Gasteiger charge is -2.36. The molecule has 0 atom stereocenters. The molecule has 0 amide bonds. The van der Waals surface area contributed by atoms with Crippen molar-refractivity contribution in [1.29, 1.82) is 0 Å². The second-order valence-corrected chi connectivity index (χ2v) is 6.34. The number of nitrogens with one attached hydrogen (secondary N) is 1. The maximum absolute atomic E-state index is 5.56. The molecule has 0 saturated carbocycles. The molecular formula is C16H25N3S. The van der Waals surface area contributed by atoms with Gasteiger partial charge in [-0.15, -0.1) is 0 Å². The van der Waals surface area contributed by atoms with E-state index in [0.717, 1.165) is 23.9 Å². The normalized spacial score (nSPS) is 17.0. The molecule has 1 fully saturated rings. The van der Waals surface area contributed by atoms with Crippen LogP contribution in [0, 0.1) is 13.8 Å². The zero-order valence-corrected chi connectivity index (χ0v) is 13.8. The molecular weight excluding hydrogens is 266 g/mol. The summed E-state index contributed by atoms with van der Waals surface area (Å²) in [5.41, 5.74) is 3.61. The molecule has 0 aromatic heterocycles. The minimum absolute atomic E-state index is 0.553. The summed E-state index contributed by atoms with van der Waals surface area (Å²) in [4.78, 5) is 4.60. The van der Waals surface area contributed by atoms with E-state index in [1.54, 1.807) is 0 Å². The third-order valence-electron chi connectivity index (χ3n) is 4.03. The molecule has 0 unspecified atom stereocenters. The van der Waals surface area contributed by atoms with Gasteiger partial charge in [0.05, 0.1) is 0 Å². The highest BCUT2D eigenvalue weighted by atomic mass is 32.1. The van der Waals surface area contributed by atoms with Crippen molar-refractivity contribution in [2.24, 2.45) is 0 Å². The maximum atomic E-state index is 5.56. The molecule has 1 aromatic carbocycles. The van der Waals surface area contributed by atoms with Crippen LogP contribution in [-0.4, -0.2) is 48.1 Å². The van der Waals surface area contributed by atoms with Gasteiger partial charge in [0.25, 0.3) is 0 Å². The Balaban J connectivity index is 1.97. The van der Waals surface area contributed by atoms with Crippen molar-refractivity contribution in [2.45, 2.75) is 32.7 Å². The Hall–Kier alpha value is -1.13. The first kappa shape index (κ1) is 15.3. The van der Waals surface area contributed by atoms with Crippen LogP contribution in [0.2, 0.25) is 0 Å². The van der Waals surface area contributed by atoms with Crippen LogP contribution in [0.5, 0.6) is 0 Å². The van der Waals surface area contributed by atoms with Gasteiger partial charge in [-0.25, -0.2) is 0 Å². The van der Waals surface area contributed by atoms with E-state index in [2.05, 4.69) is 61.3 Å². The van der Waals surface area contributed by atoms with Crippen molar-refractivity contribution < 1.29 is 0 Å². The second kappa shape index (κ2) is 6.55. The second-order valence-electron chi connectivity index (χ2n) is 5.95. The highest BCUT2D eigenvalue weighted by Gasteiger charge is 2.22. The van der Waals surface area contributed by atoms with Gasteiger partial charge in [0.1, 0.15) is 0 Å². The average molecular weight is 291 g/mol. The lowest BCUT2D eigenvalue weighted by atomic mass is 10.0. The number of likely N-dealkylation sites (tertiary alicyclic amines) is 1. The molecule has 1 heterocycles. The summed E-state index contributed by atoms with van der Waals surface area (Å²) in [7, 11) is 4.29. The molecule has 3 nitrogen and oxygen atoms in total. The summed E-state index contributed by atoms with van der Waals surface area (Å²) in [5, 5.41) is 4.20. The van der Waals surface area contributed by atoms with E-state index in [1.165, 1.54) is 24.0 Å². The van der Waals surface area contributed by atoms with Crippen molar-refractivity contribution >= 4 is 23.0 Å². The SMILES string of the molecule is Cc1cc(C)cc(NC(=S)N(C)C2CCN(C)CC2)c1. The summed E-state index contributed by atoms with van der Waals surface area (Å²) in [6.45, 7) is 6.53. The van der Waals surface area contributed by atoms with Crippen LogP contribution in [0.4, 0.5) is 5.69 Å². The van der Waals surface area contributed by atoms with Crippen LogP contribution in [0.15, 0.2) is 18.2 Å². The van der Waals surface area contributed by atoms with Gasteiger partial charge in [0.15, 0.2) is 5.11 Å². The van der Waals surface area contributed by atoms with Crippen LogP contribution in [0.3, 0.4) is 0 Å². The van der Waals surface area contributed by atoms with Gasteiger partial charge in [-0.05, 0) is 82.3 Å². The van der Waals surface area contributed by atoms with Crippen LogP contribution in [-0.2, 0) is 0 Å². The number of rotatable bonds is 2. The highest BCUT2D eigenvalue weighted by molar-refractivity contribution is 7.80. The molecule has 0 radical (unpaired) electrons. The monoisotopic (exact) mass is 291 g/mol. The van der Waals surface area contributed by atoms with E-state index < -0.39 is 0 Å². The molecule has 1 aliphatic heterocycles. The molecule has 0 aliphatic carbocycles. The molecule has 1 saturated heterocycles. The predicted octanol–water partition coefficient (Wildman–Crippen LogP) is 3.03. The van der Waals surface area contributed by atoms with Gasteiger partial charge in [0, 0.05) is 18.8 Å². The van der Waals surface area contributed by atoms with Crippen LogP contribution in [0.25, 0.3) is 0 Å². The Morgan fingerprint density at radius 3 is 2.30 bits per heavy atom.